The van der Waals surface area contributed by atoms with E-state index in [0.717, 1.165) is 91.3 Å². The molecular formula is C34H39KN6O5. The van der Waals surface area contributed by atoms with Gasteiger partial charge in [-0.15, -0.1) is 0 Å². The van der Waals surface area contributed by atoms with Crippen molar-refractivity contribution in [2.45, 2.75) is 88.9 Å². The summed E-state index contributed by atoms with van der Waals surface area (Å²) in [5.41, 5.74) is 4.64. The molecule has 2 aromatic carbocycles. The fraction of sp³-hybridized carbons (Fsp3) is 0.441. The average molecular weight is 651 g/mol. The molecule has 7 rings (SSSR count). The maximum Gasteiger partial charge on any atom is 1.00 e. The van der Waals surface area contributed by atoms with E-state index >= 15 is 0 Å². The molecule has 0 unspecified atom stereocenters. The maximum absolute atomic E-state index is 14.3. The predicted octanol–water partition coefficient (Wildman–Crippen LogP) is 1.98. The molecule has 3 heterocycles. The quantitative estimate of drug-likeness (QED) is 0.219. The van der Waals surface area contributed by atoms with Crippen LogP contribution in [-0.2, 0) is 17.6 Å². The Kier molecular flexibility index (Phi) is 10.2. The number of hydrogen-bond donors (Lipinski definition) is 2. The molecule has 11 nitrogen and oxygen atoms in total. The molecule has 0 spiro atoms. The van der Waals surface area contributed by atoms with Crippen LogP contribution in [0, 0.1) is 0 Å². The number of aromatic nitrogens is 6. The molecule has 0 bridgehead atoms. The standard InChI is InChI=1S/C34H38N6O5.K.H/c1-2-6-29-28(19-22-9-11-23(12-10-22)26-7-3-4-8-27(26)30-37-33(42)45-38-30)31(41)39(32-35-21-36-40(29)32)24-13-15-25(16-14-24)44-20-34(43)17-5-18-34;;/h3-4,7-12,21,24-25,43H,2,5-6,13-20H2,1H3,(H,37,38,42);;/q;+1;-1. The molecule has 236 valence electrons. The van der Waals surface area contributed by atoms with Gasteiger partial charge in [0, 0.05) is 23.6 Å². The van der Waals surface area contributed by atoms with E-state index in [9.17, 15) is 14.7 Å². The van der Waals surface area contributed by atoms with Crippen LogP contribution in [0.3, 0.4) is 0 Å². The third-order valence-corrected chi connectivity index (χ3v) is 9.46. The van der Waals surface area contributed by atoms with Crippen LogP contribution in [0.1, 0.15) is 82.6 Å². The Morgan fingerprint density at radius 3 is 2.46 bits per heavy atom. The topological polar surface area (TPSA) is 141 Å². The minimum absolute atomic E-state index is 0. The SMILES string of the molecule is CCCc1c(Cc2ccc(-c3ccccc3-c3noc(=O)[nH]3)cc2)c(=O)n(C2CCC(OCC3(O)CCC3)CC2)c2ncnn12.[H-].[K+]. The molecule has 2 fully saturated rings. The van der Waals surface area contributed by atoms with E-state index in [0.29, 0.717) is 24.6 Å². The summed E-state index contributed by atoms with van der Waals surface area (Å²) < 4.78 is 14.6. The normalized spacial score (nSPS) is 19.1. The first-order valence-corrected chi connectivity index (χ1v) is 16.0. The number of H-pyrrole nitrogens is 1. The Balaban J connectivity index is 0.00000217. The van der Waals surface area contributed by atoms with Gasteiger partial charge in [-0.1, -0.05) is 67.0 Å². The van der Waals surface area contributed by atoms with Gasteiger partial charge in [0.05, 0.1) is 24.0 Å². The van der Waals surface area contributed by atoms with E-state index in [2.05, 4.69) is 27.1 Å². The smallest absolute Gasteiger partial charge is 1.00 e. The summed E-state index contributed by atoms with van der Waals surface area (Å²) >= 11 is 0. The summed E-state index contributed by atoms with van der Waals surface area (Å²) in [6.45, 7) is 2.50. The number of ether oxygens (including phenoxy) is 1. The van der Waals surface area contributed by atoms with Crippen LogP contribution < -0.4 is 62.7 Å². The zero-order chi connectivity index (χ0) is 31.0. The van der Waals surface area contributed by atoms with E-state index < -0.39 is 11.4 Å². The molecule has 0 aliphatic heterocycles. The van der Waals surface area contributed by atoms with Crippen LogP contribution in [0.15, 0.2) is 69.0 Å². The van der Waals surface area contributed by atoms with Crippen LogP contribution in [0.25, 0.3) is 28.3 Å². The molecule has 46 heavy (non-hydrogen) atoms. The molecule has 2 aliphatic rings. The fourth-order valence-corrected chi connectivity index (χ4v) is 6.84. The van der Waals surface area contributed by atoms with Crippen molar-refractivity contribution in [3.05, 3.63) is 92.6 Å². The van der Waals surface area contributed by atoms with Gasteiger partial charge in [0.1, 0.15) is 6.33 Å². The van der Waals surface area contributed by atoms with E-state index in [-0.39, 0.29) is 70.5 Å². The van der Waals surface area contributed by atoms with Crippen LogP contribution in [0.2, 0.25) is 0 Å². The first-order valence-electron chi connectivity index (χ1n) is 16.0. The summed E-state index contributed by atoms with van der Waals surface area (Å²) in [7, 11) is 0. The van der Waals surface area contributed by atoms with E-state index in [1.165, 1.54) is 6.33 Å². The number of nitrogens with one attached hydrogen (secondary N) is 1. The van der Waals surface area contributed by atoms with Gasteiger partial charge in [-0.25, -0.2) is 9.31 Å². The third kappa shape index (κ3) is 6.66. The molecule has 0 atom stereocenters. The summed E-state index contributed by atoms with van der Waals surface area (Å²) in [6.07, 6.45) is 9.69. The van der Waals surface area contributed by atoms with Crippen molar-refractivity contribution in [1.82, 2.24) is 29.3 Å². The Bertz CT molecular complexity index is 1920. The second-order valence-corrected chi connectivity index (χ2v) is 12.5. The van der Waals surface area contributed by atoms with Crippen molar-refractivity contribution in [1.29, 1.82) is 0 Å². The summed E-state index contributed by atoms with van der Waals surface area (Å²) in [5, 5.41) is 18.9. The number of nitrogens with zero attached hydrogens (tertiary/aromatic N) is 5. The van der Waals surface area contributed by atoms with Gasteiger partial charge >= 0.3 is 57.1 Å². The van der Waals surface area contributed by atoms with Crippen LogP contribution in [-0.4, -0.2) is 52.7 Å². The van der Waals surface area contributed by atoms with Gasteiger partial charge in [0.15, 0.2) is 5.82 Å². The van der Waals surface area contributed by atoms with E-state index in [1.54, 1.807) is 0 Å². The Hall–Kier alpha value is -2.71. The summed E-state index contributed by atoms with van der Waals surface area (Å²) in [5.74, 6) is 0.373. The Labute approximate surface area is 310 Å². The van der Waals surface area contributed by atoms with Crippen molar-refractivity contribution in [2.75, 3.05) is 6.61 Å². The largest absolute Gasteiger partial charge is 1.00 e. The molecule has 3 aromatic heterocycles. The molecule has 0 amide bonds. The van der Waals surface area contributed by atoms with Crippen LogP contribution in [0.4, 0.5) is 0 Å². The number of aliphatic hydroxyl groups is 1. The summed E-state index contributed by atoms with van der Waals surface area (Å²) in [6, 6.07) is 15.8. The van der Waals surface area contributed by atoms with E-state index in [1.807, 2.05) is 57.6 Å². The van der Waals surface area contributed by atoms with Crippen molar-refractivity contribution in [3.63, 3.8) is 0 Å². The number of hydrogen-bond acceptors (Lipinski definition) is 8. The van der Waals surface area contributed by atoms with Crippen molar-refractivity contribution < 1.29 is 67.2 Å². The predicted molar refractivity (Wildman–Crippen MR) is 169 cm³/mol. The second kappa shape index (κ2) is 14.2. The molecule has 2 aliphatic carbocycles. The van der Waals surface area contributed by atoms with Crippen molar-refractivity contribution in [3.8, 4) is 22.5 Å². The fourth-order valence-electron chi connectivity index (χ4n) is 6.84. The number of rotatable bonds is 10. The molecular weight excluding hydrogens is 612 g/mol. The molecule has 12 heteroatoms. The zero-order valence-corrected chi connectivity index (χ0v) is 29.6. The van der Waals surface area contributed by atoms with Gasteiger partial charge in [-0.3, -0.25) is 18.9 Å². The van der Waals surface area contributed by atoms with Crippen molar-refractivity contribution in [2.24, 2.45) is 0 Å². The number of benzene rings is 2. The zero-order valence-electron chi connectivity index (χ0n) is 27.4. The monoisotopic (exact) mass is 650 g/mol. The third-order valence-electron chi connectivity index (χ3n) is 9.46. The van der Waals surface area contributed by atoms with Gasteiger partial charge in [0.25, 0.3) is 5.56 Å². The van der Waals surface area contributed by atoms with Gasteiger partial charge < -0.3 is 11.3 Å². The molecule has 0 radical (unpaired) electrons. The number of aryl methyl sites for hydroxylation is 1. The van der Waals surface area contributed by atoms with Gasteiger partial charge in [-0.2, -0.15) is 10.1 Å². The van der Waals surface area contributed by atoms with E-state index in [4.69, 9.17) is 9.26 Å². The van der Waals surface area contributed by atoms with Crippen LogP contribution >= 0.6 is 0 Å². The molecule has 2 N–H and O–H groups in total. The van der Waals surface area contributed by atoms with Gasteiger partial charge in [0.2, 0.25) is 5.78 Å². The summed E-state index contributed by atoms with van der Waals surface area (Å²) in [4.78, 5) is 33.1. The number of fused-ring (bicyclic) bond motifs is 1. The molecule has 0 saturated heterocycles. The molecule has 5 aromatic rings. The molecule has 2 saturated carbocycles. The minimum Gasteiger partial charge on any atom is -1.00 e. The first-order chi connectivity index (χ1) is 21.9. The Morgan fingerprint density at radius 1 is 1.07 bits per heavy atom. The van der Waals surface area contributed by atoms with Crippen molar-refractivity contribution >= 4 is 5.78 Å². The van der Waals surface area contributed by atoms with Gasteiger partial charge in [-0.05, 0) is 68.1 Å². The average Bonchev–Trinajstić information content (AvgIpc) is 3.71. The maximum atomic E-state index is 14.3. The minimum atomic E-state index is -0.648. The first kappa shape index (κ1) is 33.2. The Morgan fingerprint density at radius 2 is 1.80 bits per heavy atom. The van der Waals surface area contributed by atoms with Crippen LogP contribution in [0.5, 0.6) is 0 Å². The number of aromatic amines is 1. The second-order valence-electron chi connectivity index (χ2n) is 12.5.